The number of carbonyl (C=O) groups is 1. The number of likely N-dealkylation sites (tertiary alicyclic amines) is 1. The lowest BCUT2D eigenvalue weighted by atomic mass is 10.1. The third kappa shape index (κ3) is 3.37. The Morgan fingerprint density at radius 2 is 1.84 bits per heavy atom. The van der Waals surface area contributed by atoms with E-state index >= 15 is 0 Å². The van der Waals surface area contributed by atoms with Crippen molar-refractivity contribution >= 4 is 28.7 Å². The molecule has 1 amide bonds. The molecule has 3 aromatic rings. The zero-order chi connectivity index (χ0) is 22.6. The minimum Gasteiger partial charge on any atom is -0.370 e. The average molecular weight is 443 g/mol. The van der Waals surface area contributed by atoms with Crippen molar-refractivity contribution in [2.75, 3.05) is 43.0 Å². The summed E-state index contributed by atoms with van der Waals surface area (Å²) < 4.78 is 29.7. The fourth-order valence-electron chi connectivity index (χ4n) is 4.24. The summed E-state index contributed by atoms with van der Waals surface area (Å²) >= 11 is 0. The lowest BCUT2D eigenvalue weighted by Crippen LogP contribution is -2.43. The van der Waals surface area contributed by atoms with Crippen molar-refractivity contribution in [3.05, 3.63) is 46.6 Å². The van der Waals surface area contributed by atoms with Gasteiger partial charge in [-0.05, 0) is 12.1 Å². The predicted molar refractivity (Wildman–Crippen MR) is 115 cm³/mol. The quantitative estimate of drug-likeness (QED) is 0.602. The fraction of sp³-hybridized carbons (Fsp3) is 0.429. The smallest absolute Gasteiger partial charge is 0.350 e. The van der Waals surface area contributed by atoms with Gasteiger partial charge in [-0.15, -0.1) is 0 Å². The second-order valence-electron chi connectivity index (χ2n) is 8.31. The molecule has 2 aliphatic heterocycles. The highest BCUT2D eigenvalue weighted by Crippen LogP contribution is 2.36. The van der Waals surface area contributed by atoms with Gasteiger partial charge in [0.1, 0.15) is 0 Å². The largest absolute Gasteiger partial charge is 0.370 e. The highest BCUT2D eigenvalue weighted by atomic mass is 19.3. The molecule has 5 rings (SSSR count). The number of amides is 1. The Balaban J connectivity index is 1.46. The first-order chi connectivity index (χ1) is 15.2. The van der Waals surface area contributed by atoms with Gasteiger partial charge in [0.2, 0.25) is 0 Å². The van der Waals surface area contributed by atoms with Gasteiger partial charge in [-0.25, -0.2) is 23.2 Å². The number of hydrogen-bond acceptors (Lipinski definition) is 6. The Hall–Kier alpha value is -3.50. The first kappa shape index (κ1) is 20.4. The van der Waals surface area contributed by atoms with Crippen LogP contribution in [0.4, 0.5) is 26.0 Å². The van der Waals surface area contributed by atoms with Crippen LogP contribution in [0, 0.1) is 0 Å². The molecule has 0 N–H and O–H groups in total. The first-order valence-electron chi connectivity index (χ1n) is 10.4. The molecule has 168 valence electrons. The summed E-state index contributed by atoms with van der Waals surface area (Å²) in [4.78, 5) is 35.1. The number of hydrogen-bond donors (Lipinski definition) is 0. The van der Waals surface area contributed by atoms with Gasteiger partial charge in [0, 0.05) is 77.3 Å². The predicted octanol–water partition coefficient (Wildman–Crippen LogP) is 1.89. The molecule has 11 heteroatoms. The number of likely N-dealkylation sites (N-methyl/N-ethyl adjacent to an activating group) is 1. The van der Waals surface area contributed by atoms with Crippen LogP contribution in [0.15, 0.2) is 35.4 Å². The molecule has 0 aliphatic carbocycles. The first-order valence-corrected chi connectivity index (χ1v) is 10.4. The minimum absolute atomic E-state index is 0.0361. The SMILES string of the molecule is CN1CCN(c2ccn3c(=O)n(C)nc3c2)c2ncc(C(=O)N3CCC(F)(F)CC3)cc21. The van der Waals surface area contributed by atoms with E-state index in [4.69, 9.17) is 0 Å². The molecule has 9 nitrogen and oxygen atoms in total. The molecule has 1 fully saturated rings. The third-order valence-electron chi connectivity index (χ3n) is 6.17. The van der Waals surface area contributed by atoms with Crippen molar-refractivity contribution in [1.82, 2.24) is 24.1 Å². The lowest BCUT2D eigenvalue weighted by Gasteiger charge is -2.36. The van der Waals surface area contributed by atoms with Gasteiger partial charge in [-0.2, -0.15) is 5.10 Å². The molecule has 1 saturated heterocycles. The Kier molecular flexibility index (Phi) is 4.64. The summed E-state index contributed by atoms with van der Waals surface area (Å²) in [5.41, 5.74) is 2.31. The number of aryl methyl sites for hydroxylation is 1. The fourth-order valence-corrected chi connectivity index (χ4v) is 4.24. The number of fused-ring (bicyclic) bond motifs is 2. The van der Waals surface area contributed by atoms with Gasteiger partial charge < -0.3 is 14.7 Å². The van der Waals surface area contributed by atoms with Crippen molar-refractivity contribution in [2.24, 2.45) is 7.05 Å². The number of piperidine rings is 1. The maximum atomic E-state index is 13.5. The van der Waals surface area contributed by atoms with E-state index < -0.39 is 5.92 Å². The van der Waals surface area contributed by atoms with Gasteiger partial charge in [0.15, 0.2) is 11.5 Å². The maximum absolute atomic E-state index is 13.5. The number of nitrogens with zero attached hydrogens (tertiary/aromatic N) is 7. The van der Waals surface area contributed by atoms with Crippen molar-refractivity contribution in [1.29, 1.82) is 0 Å². The van der Waals surface area contributed by atoms with Gasteiger partial charge in [0.05, 0.1) is 11.3 Å². The number of alkyl halides is 2. The van der Waals surface area contributed by atoms with Crippen LogP contribution in [0.2, 0.25) is 0 Å². The summed E-state index contributed by atoms with van der Waals surface area (Å²) in [6.45, 7) is 1.43. The van der Waals surface area contributed by atoms with Crippen LogP contribution >= 0.6 is 0 Å². The molecule has 0 saturated carbocycles. The number of halogens is 2. The van der Waals surface area contributed by atoms with E-state index in [-0.39, 0.29) is 37.5 Å². The van der Waals surface area contributed by atoms with Gasteiger partial charge in [-0.1, -0.05) is 0 Å². The number of aromatic nitrogens is 4. The summed E-state index contributed by atoms with van der Waals surface area (Å²) in [7, 11) is 3.53. The maximum Gasteiger partial charge on any atom is 0.350 e. The normalized spacial score (nSPS) is 18.2. The van der Waals surface area contributed by atoms with Crippen LogP contribution < -0.4 is 15.5 Å². The molecule has 0 unspecified atom stereocenters. The van der Waals surface area contributed by atoms with E-state index in [0.29, 0.717) is 30.1 Å². The third-order valence-corrected chi connectivity index (χ3v) is 6.17. The molecule has 0 atom stereocenters. The summed E-state index contributed by atoms with van der Waals surface area (Å²) in [6, 6.07) is 5.43. The molecule has 5 heterocycles. The molecule has 0 bridgehead atoms. The molecule has 2 aliphatic rings. The topological polar surface area (TPSA) is 79.0 Å². The molecule has 0 aromatic carbocycles. The van der Waals surface area contributed by atoms with Crippen LogP contribution in [-0.4, -0.2) is 69.1 Å². The van der Waals surface area contributed by atoms with Crippen LogP contribution in [0.25, 0.3) is 5.65 Å². The average Bonchev–Trinajstić information content (AvgIpc) is 3.06. The number of pyridine rings is 2. The lowest BCUT2D eigenvalue weighted by molar-refractivity contribution is -0.0494. The van der Waals surface area contributed by atoms with Crippen LogP contribution in [-0.2, 0) is 7.05 Å². The zero-order valence-corrected chi connectivity index (χ0v) is 17.8. The van der Waals surface area contributed by atoms with E-state index in [2.05, 4.69) is 10.1 Å². The molecule has 0 spiro atoms. The Morgan fingerprint density at radius 3 is 2.59 bits per heavy atom. The molecule has 0 radical (unpaired) electrons. The van der Waals surface area contributed by atoms with E-state index in [1.165, 1.54) is 20.2 Å². The Morgan fingerprint density at radius 1 is 1.09 bits per heavy atom. The van der Waals surface area contributed by atoms with Gasteiger partial charge >= 0.3 is 5.69 Å². The molecular weight excluding hydrogens is 420 g/mol. The number of carbonyl (C=O) groups excluding carboxylic acids is 1. The second-order valence-corrected chi connectivity index (χ2v) is 8.31. The highest BCUT2D eigenvalue weighted by Gasteiger charge is 2.36. The number of rotatable bonds is 2. The van der Waals surface area contributed by atoms with E-state index in [1.54, 1.807) is 19.3 Å². The summed E-state index contributed by atoms with van der Waals surface area (Å²) in [6.07, 6.45) is 2.56. The van der Waals surface area contributed by atoms with Crippen LogP contribution in [0.5, 0.6) is 0 Å². The Labute approximate surface area is 182 Å². The number of anilines is 3. The zero-order valence-electron chi connectivity index (χ0n) is 17.8. The highest BCUT2D eigenvalue weighted by molar-refractivity contribution is 5.96. The van der Waals surface area contributed by atoms with E-state index in [9.17, 15) is 18.4 Å². The minimum atomic E-state index is -2.70. The van der Waals surface area contributed by atoms with E-state index in [0.717, 1.165) is 11.4 Å². The molecule has 3 aromatic heterocycles. The molecular formula is C21H23F2N7O2. The Bertz CT molecular complexity index is 1260. The monoisotopic (exact) mass is 443 g/mol. The molecule has 32 heavy (non-hydrogen) atoms. The van der Waals surface area contributed by atoms with E-state index in [1.807, 2.05) is 29.0 Å². The van der Waals surface area contributed by atoms with Crippen molar-refractivity contribution in [3.63, 3.8) is 0 Å². The van der Waals surface area contributed by atoms with Crippen molar-refractivity contribution in [2.45, 2.75) is 18.8 Å². The van der Waals surface area contributed by atoms with Gasteiger partial charge in [0.25, 0.3) is 11.8 Å². The van der Waals surface area contributed by atoms with Crippen LogP contribution in [0.1, 0.15) is 23.2 Å². The second kappa shape index (κ2) is 7.28. The van der Waals surface area contributed by atoms with Crippen molar-refractivity contribution < 1.29 is 13.6 Å². The van der Waals surface area contributed by atoms with Crippen molar-refractivity contribution in [3.8, 4) is 0 Å². The standard InChI is InChI=1S/C21H23F2N7O2/c1-26-9-10-29(15-3-6-30-17(12-15)25-27(2)20(30)32)18-16(26)11-14(13-24-18)19(31)28-7-4-21(22,23)5-8-28/h3,6,11-13H,4-5,7-10H2,1-2H3. The summed E-state index contributed by atoms with van der Waals surface area (Å²) in [5.74, 6) is -2.30. The van der Waals surface area contributed by atoms with Crippen LogP contribution in [0.3, 0.4) is 0 Å². The summed E-state index contributed by atoms with van der Waals surface area (Å²) in [5, 5.41) is 4.24. The van der Waals surface area contributed by atoms with Gasteiger partial charge in [-0.3, -0.25) is 9.20 Å².